The van der Waals surface area contributed by atoms with Crippen LogP contribution in [0.4, 0.5) is 26.3 Å². The van der Waals surface area contributed by atoms with E-state index in [1.165, 1.54) is 26.0 Å². The van der Waals surface area contributed by atoms with E-state index in [0.717, 1.165) is 22.7 Å². The van der Waals surface area contributed by atoms with E-state index < -0.39 is 41.5 Å². The fourth-order valence-corrected chi connectivity index (χ4v) is 7.67. The summed E-state index contributed by atoms with van der Waals surface area (Å²) in [4.78, 5) is 11.6. The van der Waals surface area contributed by atoms with Gasteiger partial charge >= 0.3 is 23.7 Å². The van der Waals surface area contributed by atoms with Gasteiger partial charge in [0.1, 0.15) is 31.3 Å². The molecule has 3 N–H and O–H groups in total. The van der Waals surface area contributed by atoms with Crippen LogP contribution in [0.3, 0.4) is 0 Å². The normalized spacial score (nSPS) is 15.9. The lowest BCUT2D eigenvalue weighted by molar-refractivity contribution is -0.254. The molecule has 0 amide bonds. The molecule has 0 aliphatic heterocycles. The SMILES string of the molecule is Cc1sc(-c2ccc(OCCOCCN)cc2)cc1C1=C(c2cc(-c3ccc(OCCOCCOCC(=O)O)cc3)sc2C)C(F)(F)C(F)(F)C1(F)F. The Morgan fingerprint density at radius 1 is 0.642 bits per heavy atom. The summed E-state index contributed by atoms with van der Waals surface area (Å²) in [5.74, 6) is -16.2. The summed E-state index contributed by atoms with van der Waals surface area (Å²) in [6.45, 7) is 4.48. The highest BCUT2D eigenvalue weighted by Gasteiger charge is 2.80. The quantitative estimate of drug-likeness (QED) is 0.0721. The summed E-state index contributed by atoms with van der Waals surface area (Å²) in [5.41, 5.74) is 2.95. The third kappa shape index (κ3) is 8.74. The molecule has 1 aliphatic rings. The van der Waals surface area contributed by atoms with Crippen LogP contribution in [-0.2, 0) is 19.0 Å². The van der Waals surface area contributed by atoms with Gasteiger partial charge in [0.05, 0.1) is 33.0 Å². The monoisotopic (exact) mass is 785 g/mol. The minimum Gasteiger partial charge on any atom is -0.491 e. The molecule has 53 heavy (non-hydrogen) atoms. The first kappa shape index (κ1) is 40.3. The number of hydrogen-bond donors (Lipinski definition) is 2. The maximum atomic E-state index is 15.7. The number of alkyl halides is 6. The second-order valence-electron chi connectivity index (χ2n) is 11.8. The predicted octanol–water partition coefficient (Wildman–Crippen LogP) is 8.44. The molecule has 0 fully saturated rings. The number of thiophene rings is 2. The topological polar surface area (TPSA) is 109 Å². The lowest BCUT2D eigenvalue weighted by Crippen LogP contribution is -2.48. The van der Waals surface area contributed by atoms with Crippen molar-refractivity contribution in [1.29, 1.82) is 0 Å². The van der Waals surface area contributed by atoms with Gasteiger partial charge in [-0.05, 0) is 96.8 Å². The molecule has 0 atom stereocenters. The second kappa shape index (κ2) is 17.0. The molecule has 0 spiro atoms. The lowest BCUT2D eigenvalue weighted by atomic mass is 9.94. The minimum atomic E-state index is -5.69. The van der Waals surface area contributed by atoms with Gasteiger partial charge in [0.2, 0.25) is 0 Å². The van der Waals surface area contributed by atoms with Crippen molar-refractivity contribution in [3.63, 3.8) is 0 Å². The zero-order valence-electron chi connectivity index (χ0n) is 28.7. The van der Waals surface area contributed by atoms with E-state index in [1.54, 1.807) is 48.5 Å². The molecular weight excluding hydrogens is 749 g/mol. The van der Waals surface area contributed by atoms with Crippen LogP contribution in [0.25, 0.3) is 32.0 Å². The maximum Gasteiger partial charge on any atom is 0.380 e. The van der Waals surface area contributed by atoms with Gasteiger partial charge in [-0.25, -0.2) is 4.79 Å². The van der Waals surface area contributed by atoms with Crippen LogP contribution in [0.5, 0.6) is 11.5 Å². The van der Waals surface area contributed by atoms with E-state index in [-0.39, 0.29) is 53.9 Å². The van der Waals surface area contributed by atoms with Gasteiger partial charge in [0, 0.05) is 37.2 Å². The number of halogens is 6. The van der Waals surface area contributed by atoms with E-state index in [1.807, 2.05) is 0 Å². The van der Waals surface area contributed by atoms with Crippen LogP contribution in [0, 0.1) is 13.8 Å². The Labute approximate surface area is 309 Å². The molecule has 0 unspecified atom stereocenters. The maximum absolute atomic E-state index is 15.7. The second-order valence-corrected chi connectivity index (χ2v) is 14.4. The van der Waals surface area contributed by atoms with Crippen LogP contribution >= 0.6 is 22.7 Å². The van der Waals surface area contributed by atoms with Crippen LogP contribution in [0.1, 0.15) is 20.9 Å². The van der Waals surface area contributed by atoms with Crippen LogP contribution in [0.2, 0.25) is 0 Å². The van der Waals surface area contributed by atoms with Crippen molar-refractivity contribution in [2.24, 2.45) is 5.73 Å². The highest BCUT2D eigenvalue weighted by molar-refractivity contribution is 7.16. The van der Waals surface area contributed by atoms with Gasteiger partial charge in [-0.3, -0.25) is 0 Å². The van der Waals surface area contributed by atoms with E-state index in [2.05, 4.69) is 0 Å². The Morgan fingerprint density at radius 3 is 1.45 bits per heavy atom. The van der Waals surface area contributed by atoms with E-state index in [9.17, 15) is 4.79 Å². The Kier molecular flexibility index (Phi) is 12.9. The molecular formula is C37H37F6NO7S2. The largest absolute Gasteiger partial charge is 0.491 e. The fourth-order valence-electron chi connectivity index (χ4n) is 5.61. The van der Waals surface area contributed by atoms with Crippen molar-refractivity contribution in [3.8, 4) is 32.4 Å². The van der Waals surface area contributed by atoms with Crippen LogP contribution < -0.4 is 15.2 Å². The number of aliphatic carboxylic acids is 1. The molecule has 286 valence electrons. The van der Waals surface area contributed by atoms with Crippen molar-refractivity contribution >= 4 is 39.8 Å². The molecule has 2 aromatic carbocycles. The number of ether oxygens (including phenoxy) is 5. The number of carboxylic acids is 1. The first-order valence-electron chi connectivity index (χ1n) is 16.4. The molecule has 0 saturated carbocycles. The van der Waals surface area contributed by atoms with Crippen molar-refractivity contribution < 1.29 is 59.9 Å². The summed E-state index contributed by atoms with van der Waals surface area (Å²) in [7, 11) is 0. The summed E-state index contributed by atoms with van der Waals surface area (Å²) >= 11 is 2.05. The standard InChI is InChI=1S/C37H37F6NO7S2/c1-22-28(19-30(52-22)24-3-7-26(8-4-24)50-17-15-47-12-11-44)33-34(36(40,41)37(42,43)35(33,38)39)29-20-31(53-23(29)2)25-5-9-27(10-6-25)51-18-16-48-13-14-49-21-32(45)46/h3-10,19-20H,11-18,21,44H2,1-2H3,(H,45,46). The predicted molar refractivity (Wildman–Crippen MR) is 191 cm³/mol. The molecule has 0 radical (unpaired) electrons. The van der Waals surface area contributed by atoms with Crippen LogP contribution in [-0.4, -0.2) is 88.2 Å². The van der Waals surface area contributed by atoms with Crippen molar-refractivity contribution in [2.75, 3.05) is 59.4 Å². The number of carbonyl (C=O) groups is 1. The highest BCUT2D eigenvalue weighted by atomic mass is 32.1. The van der Waals surface area contributed by atoms with Crippen molar-refractivity contribution in [3.05, 3.63) is 81.5 Å². The molecule has 8 nitrogen and oxygen atoms in total. The Morgan fingerprint density at radius 2 is 1.04 bits per heavy atom. The van der Waals surface area contributed by atoms with Gasteiger partial charge < -0.3 is 34.5 Å². The number of nitrogens with two attached hydrogens (primary N) is 1. The Bertz CT molecular complexity index is 1890. The summed E-state index contributed by atoms with van der Waals surface area (Å²) in [6.07, 6.45) is 0. The first-order valence-corrected chi connectivity index (χ1v) is 18.0. The van der Waals surface area contributed by atoms with Gasteiger partial charge in [-0.2, -0.15) is 26.3 Å². The Hall–Kier alpha value is -3.93. The van der Waals surface area contributed by atoms with Crippen molar-refractivity contribution in [2.45, 2.75) is 31.6 Å². The van der Waals surface area contributed by atoms with Crippen molar-refractivity contribution in [1.82, 2.24) is 0 Å². The smallest absolute Gasteiger partial charge is 0.380 e. The zero-order chi connectivity index (χ0) is 38.4. The zero-order valence-corrected chi connectivity index (χ0v) is 30.3. The van der Waals surface area contributed by atoms with E-state index in [4.69, 9.17) is 34.5 Å². The number of carboxylic acid groups (broad SMARTS) is 1. The average molecular weight is 786 g/mol. The average Bonchev–Trinajstić information content (AvgIpc) is 3.72. The Balaban J connectivity index is 1.37. The number of hydrogen-bond acceptors (Lipinski definition) is 9. The molecule has 0 bridgehead atoms. The molecule has 4 aromatic rings. The highest BCUT2D eigenvalue weighted by Crippen LogP contribution is 2.66. The number of benzene rings is 2. The molecule has 2 aromatic heterocycles. The van der Waals surface area contributed by atoms with Gasteiger partial charge in [-0.15, -0.1) is 22.7 Å². The third-order valence-electron chi connectivity index (χ3n) is 8.17. The minimum absolute atomic E-state index is 0.106. The number of allylic oxidation sites excluding steroid dienone is 2. The van der Waals surface area contributed by atoms with Gasteiger partial charge in [0.15, 0.2) is 0 Å². The molecule has 5 rings (SSSR count). The molecule has 1 aliphatic carbocycles. The van der Waals surface area contributed by atoms with E-state index >= 15 is 26.3 Å². The fraction of sp³-hybridized carbons (Fsp3) is 0.378. The number of rotatable bonds is 19. The summed E-state index contributed by atoms with van der Waals surface area (Å²) < 4.78 is 120. The third-order valence-corrected chi connectivity index (χ3v) is 10.4. The number of aryl methyl sites for hydroxylation is 2. The lowest BCUT2D eigenvalue weighted by Gasteiger charge is -2.25. The summed E-state index contributed by atoms with van der Waals surface area (Å²) in [6, 6.07) is 15.6. The van der Waals surface area contributed by atoms with E-state index in [0.29, 0.717) is 52.1 Å². The van der Waals surface area contributed by atoms with Gasteiger partial charge in [0.25, 0.3) is 0 Å². The molecule has 0 saturated heterocycles. The van der Waals surface area contributed by atoms with Gasteiger partial charge in [-0.1, -0.05) is 0 Å². The molecule has 16 heteroatoms. The summed E-state index contributed by atoms with van der Waals surface area (Å²) in [5, 5.41) is 8.55. The molecule has 2 heterocycles. The van der Waals surface area contributed by atoms with Crippen LogP contribution in [0.15, 0.2) is 60.7 Å². The first-order chi connectivity index (χ1) is 25.2.